The zero-order chi connectivity index (χ0) is 14.1. The van der Waals surface area contributed by atoms with Gasteiger partial charge in [-0.2, -0.15) is 0 Å². The minimum absolute atomic E-state index is 0.345. The molecule has 3 rings (SSSR count). The SMILES string of the molecule is Cc1c(Cl)c(Cn2cc(CCl)nn2)nc2ccccc12. The van der Waals surface area contributed by atoms with E-state index in [1.54, 1.807) is 10.9 Å². The van der Waals surface area contributed by atoms with E-state index in [0.29, 0.717) is 17.4 Å². The maximum absolute atomic E-state index is 6.41. The first-order chi connectivity index (χ1) is 9.69. The Morgan fingerprint density at radius 1 is 1.25 bits per heavy atom. The van der Waals surface area contributed by atoms with Crippen molar-refractivity contribution < 1.29 is 0 Å². The molecule has 0 unspecified atom stereocenters. The predicted octanol–water partition coefficient (Wildman–Crippen LogP) is 3.58. The summed E-state index contributed by atoms with van der Waals surface area (Å²) in [6.45, 7) is 2.48. The number of hydrogen-bond acceptors (Lipinski definition) is 3. The molecule has 0 atom stereocenters. The Morgan fingerprint density at radius 2 is 2.05 bits per heavy atom. The van der Waals surface area contributed by atoms with Gasteiger partial charge in [-0.3, -0.25) is 0 Å². The molecule has 0 N–H and O–H groups in total. The standard InChI is InChI=1S/C14H12Cl2N4/c1-9-11-4-2-3-5-12(11)17-13(14(9)16)8-20-7-10(6-15)18-19-20/h2-5,7H,6,8H2,1H3. The van der Waals surface area contributed by atoms with Gasteiger partial charge in [0.15, 0.2) is 0 Å². The number of fused-ring (bicyclic) bond motifs is 1. The van der Waals surface area contributed by atoms with Crippen LogP contribution in [0.4, 0.5) is 0 Å². The van der Waals surface area contributed by atoms with Crippen LogP contribution in [0.15, 0.2) is 30.5 Å². The molecule has 0 amide bonds. The van der Waals surface area contributed by atoms with Crippen LogP contribution < -0.4 is 0 Å². The number of benzene rings is 1. The predicted molar refractivity (Wildman–Crippen MR) is 80.2 cm³/mol. The zero-order valence-electron chi connectivity index (χ0n) is 10.8. The summed E-state index contributed by atoms with van der Waals surface area (Å²) in [6.07, 6.45) is 1.80. The number of para-hydroxylation sites is 1. The summed E-state index contributed by atoms with van der Waals surface area (Å²) in [5.41, 5.74) is 3.49. The lowest BCUT2D eigenvalue weighted by atomic mass is 10.1. The fourth-order valence-corrected chi connectivity index (χ4v) is 2.48. The van der Waals surface area contributed by atoms with Crippen molar-refractivity contribution in [2.45, 2.75) is 19.3 Å². The molecule has 0 radical (unpaired) electrons. The van der Waals surface area contributed by atoms with E-state index >= 15 is 0 Å². The van der Waals surface area contributed by atoms with E-state index < -0.39 is 0 Å². The summed E-state index contributed by atoms with van der Waals surface area (Å²) in [5, 5.41) is 9.72. The number of aromatic nitrogens is 4. The molecule has 0 saturated heterocycles. The van der Waals surface area contributed by atoms with Gasteiger partial charge in [0.1, 0.15) is 0 Å². The van der Waals surface area contributed by atoms with Crippen molar-refractivity contribution in [1.82, 2.24) is 20.0 Å². The summed E-state index contributed by atoms with van der Waals surface area (Å²) in [4.78, 5) is 4.61. The maximum atomic E-state index is 6.41. The summed E-state index contributed by atoms with van der Waals surface area (Å²) in [5.74, 6) is 0.345. The molecule has 102 valence electrons. The lowest BCUT2D eigenvalue weighted by Gasteiger charge is -2.09. The van der Waals surface area contributed by atoms with E-state index in [0.717, 1.165) is 27.9 Å². The Balaban J connectivity index is 2.05. The average Bonchev–Trinajstić information content (AvgIpc) is 2.92. The largest absolute Gasteiger partial charge is 0.249 e. The van der Waals surface area contributed by atoms with Gasteiger partial charge in [0, 0.05) is 5.39 Å². The zero-order valence-corrected chi connectivity index (χ0v) is 12.4. The molecule has 4 nitrogen and oxygen atoms in total. The minimum atomic E-state index is 0.345. The van der Waals surface area contributed by atoms with Crippen LogP contribution in [0, 0.1) is 6.92 Å². The second-order valence-electron chi connectivity index (χ2n) is 4.56. The summed E-state index contributed by atoms with van der Waals surface area (Å²) >= 11 is 12.1. The number of alkyl halides is 1. The van der Waals surface area contributed by atoms with Crippen molar-refractivity contribution in [3.63, 3.8) is 0 Å². The van der Waals surface area contributed by atoms with E-state index in [-0.39, 0.29) is 0 Å². The first-order valence-electron chi connectivity index (χ1n) is 6.17. The van der Waals surface area contributed by atoms with Crippen molar-refractivity contribution in [3.05, 3.63) is 52.4 Å². The molecule has 0 bridgehead atoms. The normalized spacial score (nSPS) is 11.2. The second kappa shape index (κ2) is 5.38. The van der Waals surface area contributed by atoms with Crippen LogP contribution >= 0.6 is 23.2 Å². The number of halogens is 2. The highest BCUT2D eigenvalue weighted by atomic mass is 35.5. The van der Waals surface area contributed by atoms with Crippen molar-refractivity contribution in [2.24, 2.45) is 0 Å². The monoisotopic (exact) mass is 306 g/mol. The molecule has 20 heavy (non-hydrogen) atoms. The van der Waals surface area contributed by atoms with Crippen molar-refractivity contribution in [2.75, 3.05) is 0 Å². The van der Waals surface area contributed by atoms with Crippen LogP contribution in [0.5, 0.6) is 0 Å². The highest BCUT2D eigenvalue weighted by Crippen LogP contribution is 2.27. The van der Waals surface area contributed by atoms with E-state index in [1.165, 1.54) is 0 Å². The van der Waals surface area contributed by atoms with Gasteiger partial charge in [-0.1, -0.05) is 35.0 Å². The third-order valence-electron chi connectivity index (χ3n) is 3.18. The smallest absolute Gasteiger partial charge is 0.0974 e. The highest BCUT2D eigenvalue weighted by molar-refractivity contribution is 6.32. The number of pyridine rings is 1. The molecule has 0 saturated carbocycles. The number of aryl methyl sites for hydroxylation is 1. The van der Waals surface area contributed by atoms with Gasteiger partial charge in [0.25, 0.3) is 0 Å². The molecular weight excluding hydrogens is 295 g/mol. The van der Waals surface area contributed by atoms with Crippen LogP contribution in [0.2, 0.25) is 5.02 Å². The molecule has 0 aliphatic heterocycles. The third kappa shape index (κ3) is 2.37. The van der Waals surface area contributed by atoms with Crippen molar-refractivity contribution in [3.8, 4) is 0 Å². The van der Waals surface area contributed by atoms with Gasteiger partial charge in [0.2, 0.25) is 0 Å². The van der Waals surface area contributed by atoms with Gasteiger partial charge < -0.3 is 0 Å². The van der Waals surface area contributed by atoms with Gasteiger partial charge in [-0.15, -0.1) is 16.7 Å². The molecule has 3 aromatic rings. The van der Waals surface area contributed by atoms with Crippen LogP contribution in [0.1, 0.15) is 17.0 Å². The summed E-state index contributed by atoms with van der Waals surface area (Å²) in [7, 11) is 0. The van der Waals surface area contributed by atoms with Gasteiger partial charge >= 0.3 is 0 Å². The number of nitrogens with zero attached hydrogens (tertiary/aromatic N) is 4. The first kappa shape index (κ1) is 13.3. The molecule has 0 fully saturated rings. The average molecular weight is 307 g/mol. The van der Waals surface area contributed by atoms with E-state index in [9.17, 15) is 0 Å². The summed E-state index contributed by atoms with van der Waals surface area (Å²) in [6, 6.07) is 7.95. The molecule has 2 heterocycles. The minimum Gasteiger partial charge on any atom is -0.249 e. The Morgan fingerprint density at radius 3 is 2.80 bits per heavy atom. The number of rotatable bonds is 3. The number of hydrogen-bond donors (Lipinski definition) is 0. The highest BCUT2D eigenvalue weighted by Gasteiger charge is 2.11. The second-order valence-corrected chi connectivity index (χ2v) is 5.20. The molecule has 2 aromatic heterocycles. The van der Waals surface area contributed by atoms with Gasteiger partial charge in [-0.05, 0) is 18.6 Å². The maximum Gasteiger partial charge on any atom is 0.0974 e. The third-order valence-corrected chi connectivity index (χ3v) is 3.96. The Bertz CT molecular complexity index is 767. The first-order valence-corrected chi connectivity index (χ1v) is 7.09. The Kier molecular flexibility index (Phi) is 3.59. The molecular formula is C14H12Cl2N4. The summed E-state index contributed by atoms with van der Waals surface area (Å²) < 4.78 is 1.69. The van der Waals surface area contributed by atoms with Crippen molar-refractivity contribution >= 4 is 34.1 Å². The molecule has 0 spiro atoms. The quantitative estimate of drug-likeness (QED) is 0.695. The Labute approximate surface area is 126 Å². The molecule has 0 aliphatic carbocycles. The lowest BCUT2D eigenvalue weighted by molar-refractivity contribution is 0.640. The van der Waals surface area contributed by atoms with E-state index in [4.69, 9.17) is 23.2 Å². The van der Waals surface area contributed by atoms with Crippen LogP contribution in [0.25, 0.3) is 10.9 Å². The molecule has 0 aliphatic rings. The van der Waals surface area contributed by atoms with Crippen LogP contribution in [-0.4, -0.2) is 20.0 Å². The van der Waals surface area contributed by atoms with Crippen LogP contribution in [0.3, 0.4) is 0 Å². The van der Waals surface area contributed by atoms with Gasteiger partial charge in [0.05, 0.1) is 40.5 Å². The van der Waals surface area contributed by atoms with Crippen LogP contribution in [-0.2, 0) is 12.4 Å². The van der Waals surface area contributed by atoms with Crippen molar-refractivity contribution in [1.29, 1.82) is 0 Å². The fourth-order valence-electron chi connectivity index (χ4n) is 2.15. The van der Waals surface area contributed by atoms with E-state index in [1.807, 2.05) is 31.2 Å². The molecule has 6 heteroatoms. The lowest BCUT2D eigenvalue weighted by Crippen LogP contribution is -2.05. The topological polar surface area (TPSA) is 43.6 Å². The molecule has 1 aromatic carbocycles. The fraction of sp³-hybridized carbons (Fsp3) is 0.214. The Hall–Kier alpha value is -1.65. The van der Waals surface area contributed by atoms with Gasteiger partial charge in [-0.25, -0.2) is 9.67 Å². The van der Waals surface area contributed by atoms with E-state index in [2.05, 4.69) is 15.3 Å².